The first-order valence-corrected chi connectivity index (χ1v) is 18.3. The third-order valence-electron chi connectivity index (χ3n) is 10.9. The Balaban J connectivity index is 1.04. The number of hydrogen-bond donors (Lipinski definition) is 2. The van der Waals surface area contributed by atoms with Gasteiger partial charge >= 0.3 is 5.97 Å². The number of sulfonamides is 1. The molecular formula is C37H38N4O6S. The Morgan fingerprint density at radius 2 is 1.67 bits per heavy atom. The van der Waals surface area contributed by atoms with Gasteiger partial charge in [-0.3, -0.25) is 14.2 Å². The molecule has 0 saturated heterocycles. The molecule has 2 aromatic carbocycles. The number of esters is 1. The van der Waals surface area contributed by atoms with Gasteiger partial charge in [0, 0.05) is 41.0 Å². The van der Waals surface area contributed by atoms with E-state index in [1.54, 1.807) is 35.0 Å². The molecule has 10 nitrogen and oxygen atoms in total. The summed E-state index contributed by atoms with van der Waals surface area (Å²) in [6, 6.07) is 19.8. The molecule has 2 aromatic heterocycles. The van der Waals surface area contributed by atoms with E-state index in [0.29, 0.717) is 28.2 Å². The molecule has 4 aromatic rings. The van der Waals surface area contributed by atoms with Crippen molar-refractivity contribution in [1.29, 1.82) is 0 Å². The molecule has 2 heterocycles. The molecule has 5 fully saturated rings. The number of para-hydroxylation sites is 1. The van der Waals surface area contributed by atoms with E-state index in [9.17, 15) is 22.8 Å². The van der Waals surface area contributed by atoms with Gasteiger partial charge in [-0.25, -0.2) is 22.9 Å². The molecule has 9 rings (SSSR count). The monoisotopic (exact) mass is 666 g/mol. The van der Waals surface area contributed by atoms with Crippen LogP contribution in [0.25, 0.3) is 16.7 Å². The van der Waals surface area contributed by atoms with Crippen molar-refractivity contribution in [3.63, 3.8) is 0 Å². The van der Waals surface area contributed by atoms with Gasteiger partial charge in [0.05, 0.1) is 17.7 Å². The smallest absolute Gasteiger partial charge is 0.355 e. The van der Waals surface area contributed by atoms with Crippen molar-refractivity contribution < 1.29 is 22.7 Å². The number of benzene rings is 2. The zero-order valence-corrected chi connectivity index (χ0v) is 27.5. The lowest BCUT2D eigenvalue weighted by molar-refractivity contribution is -0.0348. The molecule has 0 spiro atoms. The first-order chi connectivity index (χ1) is 23.1. The first-order valence-electron chi connectivity index (χ1n) is 16.7. The number of amides is 1. The predicted molar refractivity (Wildman–Crippen MR) is 181 cm³/mol. The van der Waals surface area contributed by atoms with Crippen LogP contribution in [0.1, 0.15) is 76.9 Å². The summed E-state index contributed by atoms with van der Waals surface area (Å²) in [5.74, 6) is 0.168. The quantitative estimate of drug-likeness (QED) is 0.251. The van der Waals surface area contributed by atoms with Crippen LogP contribution in [0.4, 0.5) is 0 Å². The van der Waals surface area contributed by atoms with Gasteiger partial charge in [0.25, 0.3) is 5.91 Å². The predicted octanol–water partition coefficient (Wildman–Crippen LogP) is 4.52. The van der Waals surface area contributed by atoms with Gasteiger partial charge in [-0.05, 0) is 105 Å². The maximum absolute atomic E-state index is 13.8. The van der Waals surface area contributed by atoms with Gasteiger partial charge in [-0.1, -0.05) is 30.3 Å². The third-order valence-corrected chi connectivity index (χ3v) is 13.0. The molecule has 5 aliphatic carbocycles. The number of aromatic nitrogens is 2. The normalized spacial score (nSPS) is 26.0. The number of ether oxygens (including phenoxy) is 1. The number of fused-ring (bicyclic) bond motifs is 1. The van der Waals surface area contributed by atoms with Gasteiger partial charge in [0.15, 0.2) is 5.43 Å². The number of carbonyl (C=O) groups is 2. The molecule has 3 unspecified atom stereocenters. The van der Waals surface area contributed by atoms with Crippen LogP contribution in [0.2, 0.25) is 0 Å². The highest BCUT2D eigenvalue weighted by molar-refractivity contribution is 7.90. The lowest BCUT2D eigenvalue weighted by atomic mass is 9.51. The van der Waals surface area contributed by atoms with E-state index in [1.165, 1.54) is 7.11 Å². The summed E-state index contributed by atoms with van der Waals surface area (Å²) in [4.78, 5) is 45.1. The average molecular weight is 667 g/mol. The van der Waals surface area contributed by atoms with E-state index < -0.39 is 16.0 Å². The number of carbonyl (C=O) groups excluding carboxylic acids is 2. The van der Waals surface area contributed by atoms with Crippen molar-refractivity contribution in [3.05, 3.63) is 106 Å². The van der Waals surface area contributed by atoms with Crippen molar-refractivity contribution in [2.45, 2.75) is 68.2 Å². The zero-order valence-electron chi connectivity index (χ0n) is 26.7. The second kappa shape index (κ2) is 11.7. The third kappa shape index (κ3) is 5.42. The highest BCUT2D eigenvalue weighted by atomic mass is 32.2. The fourth-order valence-corrected chi connectivity index (χ4v) is 10.7. The Morgan fingerprint density at radius 1 is 0.958 bits per heavy atom. The SMILES string of the molecule is COC(=O)c1c(Cc2ccc(C(=O)NC3[C@@H]4CC5C[C@H]3CC(NS(=O)(=O)C3CC3)(C5)C4)cc2)c(=O)c2cccnc2n1-c1ccccc1. The summed E-state index contributed by atoms with van der Waals surface area (Å²) in [6.45, 7) is 0. The van der Waals surface area contributed by atoms with E-state index in [4.69, 9.17) is 4.74 Å². The summed E-state index contributed by atoms with van der Waals surface area (Å²) in [6.07, 6.45) is 7.68. The van der Waals surface area contributed by atoms with E-state index >= 15 is 0 Å². The van der Waals surface area contributed by atoms with Crippen molar-refractivity contribution in [2.24, 2.45) is 17.8 Å². The lowest BCUT2D eigenvalue weighted by Gasteiger charge is -2.60. The Hall–Kier alpha value is -4.35. The van der Waals surface area contributed by atoms with Crippen LogP contribution in [-0.4, -0.2) is 53.8 Å². The molecule has 4 bridgehead atoms. The van der Waals surface area contributed by atoms with Crippen LogP contribution in [0.3, 0.4) is 0 Å². The summed E-state index contributed by atoms with van der Waals surface area (Å²) < 4.78 is 35.7. The van der Waals surface area contributed by atoms with Gasteiger partial charge in [-0.2, -0.15) is 0 Å². The molecular weight excluding hydrogens is 628 g/mol. The van der Waals surface area contributed by atoms with Crippen LogP contribution >= 0.6 is 0 Å². The van der Waals surface area contributed by atoms with Gasteiger partial charge in [-0.15, -0.1) is 0 Å². The summed E-state index contributed by atoms with van der Waals surface area (Å²) >= 11 is 0. The maximum atomic E-state index is 13.8. The van der Waals surface area contributed by atoms with Crippen molar-refractivity contribution in [2.75, 3.05) is 7.11 Å². The van der Waals surface area contributed by atoms with Gasteiger partial charge < -0.3 is 10.1 Å². The van der Waals surface area contributed by atoms with Crippen molar-refractivity contribution in [3.8, 4) is 5.69 Å². The van der Waals surface area contributed by atoms with E-state index in [0.717, 1.165) is 50.5 Å². The second-order valence-corrected chi connectivity index (χ2v) is 16.1. The molecule has 48 heavy (non-hydrogen) atoms. The standard InChI is InChI=1S/C37H38N4O6S/c1-47-36(44)32-30(33(42)29-8-5-15-38-34(29)41(32)27-6-3-2-4-7-27)18-22-9-11-24(12-10-22)35(43)39-31-25-16-23-17-26(31)21-37(19-23,20-25)40-48(45,46)28-13-14-28/h2-12,15,23,25-26,28,31,40H,13-14,16-21H2,1H3,(H,39,43)/t23?,25-,26+,31?,37?. The highest BCUT2D eigenvalue weighted by Gasteiger charge is 2.57. The molecule has 11 heteroatoms. The largest absolute Gasteiger partial charge is 0.464 e. The Morgan fingerprint density at radius 3 is 2.33 bits per heavy atom. The number of nitrogens with one attached hydrogen (secondary N) is 2. The molecule has 5 saturated carbocycles. The Kier molecular flexibility index (Phi) is 7.52. The van der Waals surface area contributed by atoms with Gasteiger partial charge in [0.1, 0.15) is 11.3 Å². The van der Waals surface area contributed by atoms with Crippen LogP contribution in [-0.2, 0) is 21.2 Å². The number of methoxy groups -OCH3 is 1. The molecule has 2 N–H and O–H groups in total. The molecule has 0 radical (unpaired) electrons. The molecule has 5 aliphatic rings. The first kappa shape index (κ1) is 31.0. The topological polar surface area (TPSA) is 136 Å². The van der Waals surface area contributed by atoms with Crippen LogP contribution < -0.4 is 15.5 Å². The minimum atomic E-state index is -3.29. The molecule has 248 valence electrons. The summed E-state index contributed by atoms with van der Waals surface area (Å²) in [5.41, 5.74) is 2.02. The van der Waals surface area contributed by atoms with Gasteiger partial charge in [0.2, 0.25) is 10.0 Å². The van der Waals surface area contributed by atoms with E-state index in [-0.39, 0.29) is 57.7 Å². The second-order valence-electron chi connectivity index (χ2n) is 14.2. The number of rotatable bonds is 9. The average Bonchev–Trinajstić information content (AvgIpc) is 3.94. The lowest BCUT2D eigenvalue weighted by Crippen LogP contribution is -2.66. The Labute approximate surface area is 279 Å². The van der Waals surface area contributed by atoms with Crippen LogP contribution in [0.15, 0.2) is 77.7 Å². The molecule has 5 atom stereocenters. The van der Waals surface area contributed by atoms with Crippen molar-refractivity contribution in [1.82, 2.24) is 19.6 Å². The number of nitrogens with zero attached hydrogens (tertiary/aromatic N) is 2. The van der Waals surface area contributed by atoms with Crippen molar-refractivity contribution >= 4 is 32.9 Å². The summed E-state index contributed by atoms with van der Waals surface area (Å²) in [5, 5.41) is 3.46. The fourth-order valence-electron chi connectivity index (χ4n) is 8.93. The maximum Gasteiger partial charge on any atom is 0.355 e. The number of pyridine rings is 2. The minimum absolute atomic E-state index is 0.0116. The minimum Gasteiger partial charge on any atom is -0.464 e. The van der Waals surface area contributed by atoms with E-state index in [2.05, 4.69) is 15.0 Å². The van der Waals surface area contributed by atoms with Crippen LogP contribution in [0, 0.1) is 17.8 Å². The molecule has 1 amide bonds. The van der Waals surface area contributed by atoms with E-state index in [1.807, 2.05) is 42.5 Å². The fraction of sp³-hybridized carbons (Fsp3) is 0.405. The Bertz CT molecular complexity index is 2080. The summed E-state index contributed by atoms with van der Waals surface area (Å²) in [7, 11) is -2.00. The highest BCUT2D eigenvalue weighted by Crippen LogP contribution is 2.56. The van der Waals surface area contributed by atoms with Crippen LogP contribution in [0.5, 0.6) is 0 Å². The number of hydrogen-bond acceptors (Lipinski definition) is 7. The molecule has 0 aliphatic heterocycles. The zero-order chi connectivity index (χ0) is 33.2.